The number of phosphoric acid groups is 2. The van der Waals surface area contributed by atoms with E-state index >= 15 is 0 Å². The molecule has 3 saturated heterocycles. The number of nitrogens with zero attached hydrogens (tertiary/aromatic N) is 7. The summed E-state index contributed by atoms with van der Waals surface area (Å²) in [6.07, 6.45) is -7.88. The van der Waals surface area contributed by atoms with Crippen LogP contribution in [-0.4, -0.2) is 113 Å². The molecule has 3 fully saturated rings. The molecule has 10 atom stereocenters. The van der Waals surface area contributed by atoms with Crippen molar-refractivity contribution < 1.29 is 56.0 Å². The zero-order valence-corrected chi connectivity index (χ0v) is 26.1. The maximum Gasteiger partial charge on any atom is 0.475 e. The summed E-state index contributed by atoms with van der Waals surface area (Å²) in [5.41, 5.74) is 11.2. The van der Waals surface area contributed by atoms with Crippen molar-refractivity contribution in [3.63, 3.8) is 0 Å². The Morgan fingerprint density at radius 3 is 2.15 bits per heavy atom. The number of phosphoric ester groups is 2. The van der Waals surface area contributed by atoms with Gasteiger partial charge in [-0.2, -0.15) is 4.98 Å². The standard InChI is InChI=1S/C22H28N10O13P2.CH4/c1-38-46(36)40-3-8-12(33)15(21(42-8)31-6-27-10-16(23)25-5-26-17(10)31)45-47(37,39-2)41-4-9-14(44-46)13(34)20(43-9)32-7-28-11-18(32)29-22(24)30-19(11)35;/h5-9,12-15,20-21,33-34H,3-4H2,1-2H3,(H2,23,25,26)(H3,24,29,30,35);1H4/t8-,9-,12+,13?,14+,15?,20-,21-,46?,47?;/m1./s1. The zero-order valence-electron chi connectivity index (χ0n) is 24.3. The van der Waals surface area contributed by atoms with E-state index < -0.39 is 83.5 Å². The normalized spacial score (nSPS) is 35.8. The van der Waals surface area contributed by atoms with E-state index in [9.17, 15) is 24.1 Å². The second-order valence-corrected chi connectivity index (χ2v) is 13.9. The minimum absolute atomic E-state index is 0. The number of H-pyrrole nitrogens is 1. The third-order valence-electron chi connectivity index (χ3n) is 7.75. The first-order valence-electron chi connectivity index (χ1n) is 13.7. The first-order chi connectivity index (χ1) is 22.4. The first-order valence-corrected chi connectivity index (χ1v) is 16.7. The summed E-state index contributed by atoms with van der Waals surface area (Å²) in [5, 5.41) is 22.6. The van der Waals surface area contributed by atoms with Gasteiger partial charge in [0.1, 0.15) is 48.5 Å². The van der Waals surface area contributed by atoms with Crippen LogP contribution in [0.1, 0.15) is 19.9 Å². The monoisotopic (exact) mass is 718 g/mol. The van der Waals surface area contributed by atoms with E-state index in [1.165, 1.54) is 28.1 Å². The molecule has 0 spiro atoms. The number of hydrogen-bond acceptors (Lipinski definition) is 20. The smallest absolute Gasteiger partial charge is 0.387 e. The largest absolute Gasteiger partial charge is 0.475 e. The van der Waals surface area contributed by atoms with Gasteiger partial charge >= 0.3 is 15.6 Å². The zero-order chi connectivity index (χ0) is 33.2. The summed E-state index contributed by atoms with van der Waals surface area (Å²) >= 11 is 0. The van der Waals surface area contributed by atoms with E-state index in [2.05, 4.69) is 29.9 Å². The molecule has 4 unspecified atom stereocenters. The second-order valence-electron chi connectivity index (χ2n) is 10.5. The highest BCUT2D eigenvalue weighted by Gasteiger charge is 2.54. The number of aromatic amines is 1. The lowest BCUT2D eigenvalue weighted by Gasteiger charge is -2.27. The molecule has 3 aliphatic heterocycles. The van der Waals surface area contributed by atoms with Crippen LogP contribution in [0, 0.1) is 0 Å². The Bertz CT molecular complexity index is 1970. The average molecular weight is 719 g/mol. The highest BCUT2D eigenvalue weighted by molar-refractivity contribution is 7.48. The van der Waals surface area contributed by atoms with Crippen molar-refractivity contribution in [1.82, 2.24) is 39.0 Å². The van der Waals surface area contributed by atoms with Crippen LogP contribution in [0.5, 0.6) is 0 Å². The number of nitrogens with one attached hydrogen (secondary N) is 1. The predicted molar refractivity (Wildman–Crippen MR) is 160 cm³/mol. The van der Waals surface area contributed by atoms with E-state index in [4.69, 9.17) is 48.1 Å². The van der Waals surface area contributed by atoms with Gasteiger partial charge in [0.2, 0.25) is 5.95 Å². The lowest BCUT2D eigenvalue weighted by Crippen LogP contribution is -2.36. The number of hydrogen-bond donors (Lipinski definition) is 5. The predicted octanol–water partition coefficient (Wildman–Crippen LogP) is -0.397. The number of rotatable bonds is 4. The van der Waals surface area contributed by atoms with E-state index in [0.29, 0.717) is 0 Å². The van der Waals surface area contributed by atoms with Gasteiger partial charge < -0.3 is 31.2 Å². The number of nitrogen functional groups attached to an aromatic ring is 2. The molecular formula is C23H32N10O13P2. The summed E-state index contributed by atoms with van der Waals surface area (Å²) in [5.74, 6) is -0.163. The molecule has 48 heavy (non-hydrogen) atoms. The molecule has 0 radical (unpaired) electrons. The molecule has 262 valence electrons. The van der Waals surface area contributed by atoms with Crippen LogP contribution < -0.4 is 17.0 Å². The lowest BCUT2D eigenvalue weighted by molar-refractivity contribution is -0.0690. The van der Waals surface area contributed by atoms with Crippen LogP contribution in [0.2, 0.25) is 0 Å². The van der Waals surface area contributed by atoms with Crippen LogP contribution in [0.15, 0.2) is 23.8 Å². The fourth-order valence-electron chi connectivity index (χ4n) is 5.47. The third kappa shape index (κ3) is 5.80. The Morgan fingerprint density at radius 2 is 1.46 bits per heavy atom. The minimum Gasteiger partial charge on any atom is -0.387 e. The van der Waals surface area contributed by atoms with Crippen molar-refractivity contribution in [2.75, 3.05) is 38.9 Å². The Labute approximate surface area is 269 Å². The quantitative estimate of drug-likeness (QED) is 0.168. The van der Waals surface area contributed by atoms with E-state index in [0.717, 1.165) is 14.2 Å². The molecule has 2 bridgehead atoms. The number of ether oxygens (including phenoxy) is 2. The average Bonchev–Trinajstić information content (AvgIpc) is 3.81. The van der Waals surface area contributed by atoms with Gasteiger partial charge in [-0.3, -0.25) is 46.1 Å². The lowest BCUT2D eigenvalue weighted by atomic mass is 10.1. The van der Waals surface area contributed by atoms with E-state index in [1.54, 1.807) is 0 Å². The first kappa shape index (κ1) is 34.4. The van der Waals surface area contributed by atoms with Crippen molar-refractivity contribution in [2.24, 2.45) is 0 Å². The molecule has 0 aliphatic carbocycles. The van der Waals surface area contributed by atoms with Gasteiger partial charge in [0.25, 0.3) is 5.56 Å². The highest BCUT2D eigenvalue weighted by atomic mass is 31.2. The van der Waals surface area contributed by atoms with Crippen LogP contribution in [0.3, 0.4) is 0 Å². The van der Waals surface area contributed by atoms with Crippen LogP contribution in [0.4, 0.5) is 11.8 Å². The molecule has 0 saturated carbocycles. The van der Waals surface area contributed by atoms with Gasteiger partial charge in [-0.1, -0.05) is 7.43 Å². The molecule has 7 N–H and O–H groups in total. The van der Waals surface area contributed by atoms with Crippen molar-refractivity contribution >= 4 is 49.7 Å². The number of fused-ring (bicyclic) bond motifs is 5. The molecule has 23 nitrogen and oxygen atoms in total. The van der Waals surface area contributed by atoms with Gasteiger partial charge in [-0.25, -0.2) is 29.1 Å². The van der Waals surface area contributed by atoms with Gasteiger partial charge in [-0.15, -0.1) is 0 Å². The summed E-state index contributed by atoms with van der Waals surface area (Å²) in [6.45, 7) is -1.27. The molecule has 0 aromatic carbocycles. The molecule has 4 aromatic rings. The Morgan fingerprint density at radius 1 is 0.854 bits per heavy atom. The number of aliphatic hydroxyl groups excluding tert-OH is 2. The number of nitrogens with two attached hydrogens (primary N) is 2. The number of imidazole rings is 2. The molecule has 4 aromatic heterocycles. The molecule has 0 amide bonds. The Hall–Kier alpha value is -3.44. The van der Waals surface area contributed by atoms with Crippen LogP contribution >= 0.6 is 15.6 Å². The Kier molecular flexibility index (Phi) is 9.17. The van der Waals surface area contributed by atoms with Crippen molar-refractivity contribution in [3.05, 3.63) is 29.3 Å². The fraction of sp³-hybridized carbons (Fsp3) is 0.565. The van der Waals surface area contributed by atoms with Crippen molar-refractivity contribution in [3.8, 4) is 0 Å². The van der Waals surface area contributed by atoms with Gasteiger partial charge in [-0.05, 0) is 0 Å². The highest BCUT2D eigenvalue weighted by Crippen LogP contribution is 2.57. The topological polar surface area (TPSA) is 308 Å². The van der Waals surface area contributed by atoms with Gasteiger partial charge in [0.15, 0.2) is 35.1 Å². The maximum atomic E-state index is 13.9. The Balaban J connectivity index is 0.00000401. The summed E-state index contributed by atoms with van der Waals surface area (Å²) in [7, 11) is -7.05. The molecular weight excluding hydrogens is 686 g/mol. The maximum absolute atomic E-state index is 13.9. The molecule has 3 aliphatic rings. The van der Waals surface area contributed by atoms with Crippen LogP contribution in [0.25, 0.3) is 22.3 Å². The molecule has 7 rings (SSSR count). The summed E-state index contributed by atoms with van der Waals surface area (Å²) < 4.78 is 75.0. The van der Waals surface area contributed by atoms with Gasteiger partial charge in [0.05, 0.1) is 25.9 Å². The minimum atomic E-state index is -4.58. The van der Waals surface area contributed by atoms with Crippen molar-refractivity contribution in [2.45, 2.75) is 56.5 Å². The van der Waals surface area contributed by atoms with Crippen LogP contribution in [-0.2, 0) is 45.7 Å². The van der Waals surface area contributed by atoms with E-state index in [1.807, 2.05) is 0 Å². The van der Waals surface area contributed by atoms with E-state index in [-0.39, 0.29) is 41.5 Å². The second kappa shape index (κ2) is 12.8. The van der Waals surface area contributed by atoms with Crippen molar-refractivity contribution in [1.29, 1.82) is 0 Å². The van der Waals surface area contributed by atoms with Gasteiger partial charge in [0, 0.05) is 14.2 Å². The summed E-state index contributed by atoms with van der Waals surface area (Å²) in [4.78, 5) is 35.0. The number of anilines is 2. The molecule has 7 heterocycles. The fourth-order valence-corrected chi connectivity index (χ4v) is 7.72. The summed E-state index contributed by atoms with van der Waals surface area (Å²) in [6, 6.07) is 0. The SMILES string of the molecule is C.COP1(=O)OC[C@H]2O[C@@H](n3cnc4c(=O)[nH]c(N)nc43)C(O)[C@H]2OP(=O)(OC)OC[C@H]2O[C@@H](n3cnc4c(N)ncnc43)C(O1)[C@H]2O. The number of aliphatic hydroxyl groups is 2. The molecule has 25 heteroatoms. The number of aromatic nitrogens is 8. The third-order valence-corrected chi connectivity index (χ3v) is 10.6.